The molecule has 0 spiro atoms. The molecule has 2 aromatic carbocycles. The van der Waals surface area contributed by atoms with Crippen molar-refractivity contribution >= 4 is 33.3 Å². The van der Waals surface area contributed by atoms with Gasteiger partial charge in [-0.2, -0.15) is 0 Å². The Labute approximate surface area is 218 Å². The average Bonchev–Trinajstić information content (AvgIpc) is 3.31. The molecule has 1 aromatic heterocycles. The average molecular weight is 511 g/mol. The second kappa shape index (κ2) is 11.9. The summed E-state index contributed by atoms with van der Waals surface area (Å²) < 4.78 is 12.8. The van der Waals surface area contributed by atoms with Gasteiger partial charge in [-0.25, -0.2) is 9.78 Å². The Balaban J connectivity index is 1.32. The van der Waals surface area contributed by atoms with Crippen molar-refractivity contribution < 1.29 is 14.3 Å². The fourth-order valence-corrected chi connectivity index (χ4v) is 5.97. The normalized spacial score (nSPS) is 14.7. The van der Waals surface area contributed by atoms with E-state index in [2.05, 4.69) is 56.1 Å². The van der Waals surface area contributed by atoms with Crippen molar-refractivity contribution in [1.29, 1.82) is 0 Å². The number of anilines is 1. The van der Waals surface area contributed by atoms with Gasteiger partial charge in [0, 0.05) is 49.4 Å². The number of carbonyl (C=O) groups excluding carboxylic acids is 1. The molecule has 194 valence electrons. The Morgan fingerprint density at radius 1 is 1.11 bits per heavy atom. The molecule has 1 aliphatic rings. The van der Waals surface area contributed by atoms with Crippen LogP contribution >= 0.6 is 11.3 Å². The van der Waals surface area contributed by atoms with Crippen molar-refractivity contribution in [3.63, 3.8) is 0 Å². The number of hydrogen-bond donors (Lipinski definition) is 1. The van der Waals surface area contributed by atoms with Gasteiger partial charge in [0.15, 0.2) is 11.5 Å². The van der Waals surface area contributed by atoms with E-state index in [1.807, 2.05) is 29.2 Å². The minimum Gasteiger partial charge on any atom is -0.493 e. The Kier molecular flexibility index (Phi) is 8.69. The number of urea groups is 1. The maximum absolute atomic E-state index is 13.0. The summed E-state index contributed by atoms with van der Waals surface area (Å²) in [5, 5.41) is 4.23. The third kappa shape index (κ3) is 6.28. The fourth-order valence-electron chi connectivity index (χ4n) is 4.84. The first-order valence-corrected chi connectivity index (χ1v) is 13.6. The van der Waals surface area contributed by atoms with Gasteiger partial charge in [0.1, 0.15) is 6.61 Å². The third-order valence-corrected chi connectivity index (χ3v) is 7.99. The molecule has 0 radical (unpaired) electrons. The van der Waals surface area contributed by atoms with E-state index in [0.717, 1.165) is 24.9 Å². The van der Waals surface area contributed by atoms with Crippen LogP contribution in [0.1, 0.15) is 51.5 Å². The minimum atomic E-state index is -0.0837. The number of hydrogen-bond acceptors (Lipinski definition) is 6. The number of benzene rings is 2. The Morgan fingerprint density at radius 2 is 1.83 bits per heavy atom. The van der Waals surface area contributed by atoms with Crippen LogP contribution in [0.5, 0.6) is 11.5 Å². The van der Waals surface area contributed by atoms with Crippen molar-refractivity contribution in [3.8, 4) is 11.5 Å². The Bertz CT molecular complexity index is 1110. The van der Waals surface area contributed by atoms with Crippen molar-refractivity contribution in [1.82, 2.24) is 14.8 Å². The fraction of sp³-hybridized carbons (Fsp3) is 0.500. The second-order valence-electron chi connectivity index (χ2n) is 9.85. The Hall–Kier alpha value is -2.84. The number of nitrogens with zero attached hydrogens (tertiary/aromatic N) is 3. The molecular formula is C28H38N4O3S. The molecule has 1 fully saturated rings. The zero-order valence-corrected chi connectivity index (χ0v) is 22.8. The molecule has 1 saturated heterocycles. The van der Waals surface area contributed by atoms with Crippen LogP contribution in [0.4, 0.5) is 10.5 Å². The quantitative estimate of drug-likeness (QED) is 0.370. The lowest BCUT2D eigenvalue weighted by molar-refractivity contribution is 0.140. The van der Waals surface area contributed by atoms with E-state index < -0.39 is 0 Å². The van der Waals surface area contributed by atoms with Gasteiger partial charge >= 0.3 is 6.03 Å². The van der Waals surface area contributed by atoms with E-state index in [1.165, 1.54) is 9.71 Å². The van der Waals surface area contributed by atoms with Crippen LogP contribution in [0.3, 0.4) is 0 Å². The highest BCUT2D eigenvalue weighted by Gasteiger charge is 2.26. The SMILES string of the molecule is COc1ccc(NC(=O)N2CCC(c3nc4ccccc4s3)CC2)cc1OCCN(C(C)C)C(C)C. The molecule has 7 nitrogen and oxygen atoms in total. The largest absolute Gasteiger partial charge is 0.493 e. The summed E-state index contributed by atoms with van der Waals surface area (Å²) in [5.74, 6) is 1.70. The number of amides is 2. The predicted octanol–water partition coefficient (Wildman–Crippen LogP) is 6.21. The monoisotopic (exact) mass is 510 g/mol. The molecule has 2 amide bonds. The second-order valence-corrected chi connectivity index (χ2v) is 10.9. The van der Waals surface area contributed by atoms with E-state index >= 15 is 0 Å². The maximum Gasteiger partial charge on any atom is 0.321 e. The number of para-hydroxylation sites is 1. The highest BCUT2D eigenvalue weighted by atomic mass is 32.1. The molecule has 1 aliphatic heterocycles. The van der Waals surface area contributed by atoms with Gasteiger partial charge in [-0.05, 0) is 64.8 Å². The van der Waals surface area contributed by atoms with E-state index in [9.17, 15) is 4.79 Å². The lowest BCUT2D eigenvalue weighted by Gasteiger charge is -2.31. The predicted molar refractivity (Wildman–Crippen MR) is 148 cm³/mol. The number of methoxy groups -OCH3 is 1. The first-order chi connectivity index (χ1) is 17.4. The molecule has 0 unspecified atom stereocenters. The zero-order valence-electron chi connectivity index (χ0n) is 22.0. The number of likely N-dealkylation sites (tertiary alicyclic amines) is 1. The Morgan fingerprint density at radius 3 is 2.50 bits per heavy atom. The number of fused-ring (bicyclic) bond motifs is 1. The van der Waals surface area contributed by atoms with E-state index in [-0.39, 0.29) is 6.03 Å². The molecule has 1 N–H and O–H groups in total. The smallest absolute Gasteiger partial charge is 0.321 e. The summed E-state index contributed by atoms with van der Waals surface area (Å²) in [4.78, 5) is 22.1. The zero-order chi connectivity index (χ0) is 25.7. The molecule has 8 heteroatoms. The number of ether oxygens (including phenoxy) is 2. The maximum atomic E-state index is 13.0. The molecule has 3 aromatic rings. The summed E-state index contributed by atoms with van der Waals surface area (Å²) in [6.07, 6.45) is 1.85. The number of carbonyl (C=O) groups is 1. The minimum absolute atomic E-state index is 0.0837. The van der Waals surface area contributed by atoms with Crippen LogP contribution < -0.4 is 14.8 Å². The van der Waals surface area contributed by atoms with Crippen LogP contribution in [0.2, 0.25) is 0 Å². The lowest BCUT2D eigenvalue weighted by Crippen LogP contribution is -2.40. The van der Waals surface area contributed by atoms with Gasteiger partial charge in [-0.15, -0.1) is 11.3 Å². The van der Waals surface area contributed by atoms with E-state index in [4.69, 9.17) is 14.5 Å². The number of nitrogens with one attached hydrogen (secondary N) is 1. The van der Waals surface area contributed by atoms with Gasteiger partial charge in [-0.1, -0.05) is 12.1 Å². The van der Waals surface area contributed by atoms with Crippen molar-refractivity contribution in [2.75, 3.05) is 38.7 Å². The number of thiazole rings is 1. The molecule has 0 aliphatic carbocycles. The summed E-state index contributed by atoms with van der Waals surface area (Å²) in [5.41, 5.74) is 1.77. The van der Waals surface area contributed by atoms with Gasteiger partial charge in [0.25, 0.3) is 0 Å². The van der Waals surface area contributed by atoms with Crippen LogP contribution in [0.15, 0.2) is 42.5 Å². The molecule has 0 atom stereocenters. The van der Waals surface area contributed by atoms with Gasteiger partial charge in [0.05, 0.1) is 22.3 Å². The van der Waals surface area contributed by atoms with Crippen LogP contribution in [-0.4, -0.2) is 66.2 Å². The number of piperidine rings is 1. The third-order valence-electron chi connectivity index (χ3n) is 6.79. The van der Waals surface area contributed by atoms with Gasteiger partial charge in [0.2, 0.25) is 0 Å². The molecule has 4 rings (SSSR count). The summed E-state index contributed by atoms with van der Waals surface area (Å²) in [7, 11) is 1.63. The molecule has 2 heterocycles. The summed E-state index contributed by atoms with van der Waals surface area (Å²) in [6.45, 7) is 11.6. The number of rotatable bonds is 9. The van der Waals surface area contributed by atoms with Crippen LogP contribution in [-0.2, 0) is 0 Å². The summed E-state index contributed by atoms with van der Waals surface area (Å²) in [6, 6.07) is 14.6. The first kappa shape index (κ1) is 26.2. The number of aromatic nitrogens is 1. The topological polar surface area (TPSA) is 66.9 Å². The van der Waals surface area contributed by atoms with Gasteiger partial charge < -0.3 is 19.7 Å². The van der Waals surface area contributed by atoms with Crippen molar-refractivity contribution in [3.05, 3.63) is 47.5 Å². The molecule has 0 saturated carbocycles. The van der Waals surface area contributed by atoms with Gasteiger partial charge in [-0.3, -0.25) is 4.90 Å². The molecule has 0 bridgehead atoms. The lowest BCUT2D eigenvalue weighted by atomic mass is 9.98. The van der Waals surface area contributed by atoms with Crippen molar-refractivity contribution in [2.24, 2.45) is 0 Å². The first-order valence-electron chi connectivity index (χ1n) is 12.8. The van der Waals surface area contributed by atoms with Crippen molar-refractivity contribution in [2.45, 2.75) is 58.5 Å². The standard InChI is InChI=1S/C28H38N4O3S/c1-19(2)32(20(3)4)16-17-35-25-18-22(10-11-24(25)34-5)29-28(33)31-14-12-21(13-15-31)27-30-23-8-6-7-9-26(23)36-27/h6-11,18-21H,12-17H2,1-5H3,(H,29,33). The van der Waals surface area contributed by atoms with E-state index in [1.54, 1.807) is 18.4 Å². The summed E-state index contributed by atoms with van der Waals surface area (Å²) >= 11 is 1.77. The van der Waals surface area contributed by atoms with E-state index in [0.29, 0.717) is 54.9 Å². The molecule has 36 heavy (non-hydrogen) atoms. The highest BCUT2D eigenvalue weighted by molar-refractivity contribution is 7.18. The van der Waals surface area contributed by atoms with Crippen LogP contribution in [0, 0.1) is 0 Å². The molecular weight excluding hydrogens is 472 g/mol. The van der Waals surface area contributed by atoms with Crippen LogP contribution in [0.25, 0.3) is 10.2 Å². The highest BCUT2D eigenvalue weighted by Crippen LogP contribution is 2.34.